The maximum absolute atomic E-state index is 13.2. The number of nitrogens with one attached hydrogen (secondary N) is 2. The zero-order valence-corrected chi connectivity index (χ0v) is 20.6. The summed E-state index contributed by atoms with van der Waals surface area (Å²) in [6.45, 7) is 5.93. The second kappa shape index (κ2) is 9.72. The third kappa shape index (κ3) is 5.34. The minimum atomic E-state index is -1.16. The molecule has 4 rings (SSSR count). The predicted octanol–water partition coefficient (Wildman–Crippen LogP) is 4.84. The first-order valence-corrected chi connectivity index (χ1v) is 12.3. The molecule has 2 aromatic carbocycles. The molecule has 0 aliphatic heterocycles. The molecule has 2 amide bonds. The van der Waals surface area contributed by atoms with Gasteiger partial charge in [-0.1, -0.05) is 82.1 Å². The van der Waals surface area contributed by atoms with Gasteiger partial charge in [-0.15, -0.1) is 0 Å². The van der Waals surface area contributed by atoms with Crippen LogP contribution in [-0.4, -0.2) is 41.3 Å². The van der Waals surface area contributed by atoms with Crippen molar-refractivity contribution in [2.24, 2.45) is 5.41 Å². The number of carboxylic acid groups (broad SMARTS) is 1. The Hall–Kier alpha value is -3.35. The van der Waals surface area contributed by atoms with Crippen molar-refractivity contribution in [3.05, 3.63) is 59.7 Å². The number of alkyl carbamates (subject to hydrolysis) is 1. The number of rotatable bonds is 7. The first-order valence-electron chi connectivity index (χ1n) is 12.3. The van der Waals surface area contributed by atoms with Crippen molar-refractivity contribution in [1.82, 2.24) is 10.6 Å². The summed E-state index contributed by atoms with van der Waals surface area (Å²) < 4.78 is 5.66. The van der Waals surface area contributed by atoms with Crippen molar-refractivity contribution in [1.29, 1.82) is 0 Å². The summed E-state index contributed by atoms with van der Waals surface area (Å²) in [5, 5.41) is 15.1. The van der Waals surface area contributed by atoms with E-state index in [9.17, 15) is 19.5 Å². The summed E-state index contributed by atoms with van der Waals surface area (Å²) >= 11 is 0. The maximum atomic E-state index is 13.2. The average Bonchev–Trinajstić information content (AvgIpc) is 3.40. The Labute approximate surface area is 206 Å². The van der Waals surface area contributed by atoms with Gasteiger partial charge in [-0.05, 0) is 46.9 Å². The summed E-state index contributed by atoms with van der Waals surface area (Å²) in [7, 11) is 0. The fourth-order valence-corrected chi connectivity index (χ4v) is 5.33. The lowest BCUT2D eigenvalue weighted by molar-refractivity contribution is -0.143. The summed E-state index contributed by atoms with van der Waals surface area (Å²) in [6.07, 6.45) is 2.07. The monoisotopic (exact) mass is 478 g/mol. The smallest absolute Gasteiger partial charge is 0.408 e. The Morgan fingerprint density at radius 1 is 1.00 bits per heavy atom. The summed E-state index contributed by atoms with van der Waals surface area (Å²) in [5.41, 5.74) is 3.07. The maximum Gasteiger partial charge on any atom is 0.408 e. The summed E-state index contributed by atoms with van der Waals surface area (Å²) in [6, 6.07) is 15.2. The van der Waals surface area contributed by atoms with Crippen LogP contribution >= 0.6 is 0 Å². The van der Waals surface area contributed by atoms with Crippen LogP contribution in [0.2, 0.25) is 0 Å². The van der Waals surface area contributed by atoms with Gasteiger partial charge in [0.05, 0.1) is 0 Å². The molecular weight excluding hydrogens is 444 g/mol. The molecule has 0 bridgehead atoms. The molecule has 2 aliphatic carbocycles. The average molecular weight is 479 g/mol. The molecule has 2 aromatic rings. The zero-order valence-electron chi connectivity index (χ0n) is 20.6. The second-order valence-electron chi connectivity index (χ2n) is 10.9. The predicted molar refractivity (Wildman–Crippen MR) is 133 cm³/mol. The molecular formula is C28H34N2O5. The number of carbonyl (C=O) groups excluding carboxylic acids is 2. The Morgan fingerprint density at radius 3 is 2.06 bits per heavy atom. The molecule has 0 saturated heterocycles. The van der Waals surface area contributed by atoms with E-state index in [2.05, 4.69) is 34.9 Å². The summed E-state index contributed by atoms with van der Waals surface area (Å²) in [5.74, 6) is -1.62. The van der Waals surface area contributed by atoms with E-state index in [0.717, 1.165) is 35.1 Å². The molecule has 0 heterocycles. The van der Waals surface area contributed by atoms with E-state index >= 15 is 0 Å². The molecule has 0 radical (unpaired) electrons. The lowest BCUT2D eigenvalue weighted by Gasteiger charge is -2.31. The van der Waals surface area contributed by atoms with E-state index in [0.29, 0.717) is 12.8 Å². The number of carboxylic acids is 1. The van der Waals surface area contributed by atoms with Gasteiger partial charge in [0.15, 0.2) is 0 Å². The van der Waals surface area contributed by atoms with Crippen LogP contribution in [0, 0.1) is 5.41 Å². The highest BCUT2D eigenvalue weighted by atomic mass is 16.5. The van der Waals surface area contributed by atoms with Crippen LogP contribution in [0.4, 0.5) is 4.79 Å². The Morgan fingerprint density at radius 2 is 1.54 bits per heavy atom. The second-order valence-corrected chi connectivity index (χ2v) is 10.9. The molecule has 7 heteroatoms. The van der Waals surface area contributed by atoms with Gasteiger partial charge < -0.3 is 20.5 Å². The lowest BCUT2D eigenvalue weighted by atomic mass is 9.87. The first-order chi connectivity index (χ1) is 16.6. The molecule has 1 saturated carbocycles. The van der Waals surface area contributed by atoms with Crippen LogP contribution < -0.4 is 10.6 Å². The van der Waals surface area contributed by atoms with Gasteiger partial charge in [0.2, 0.25) is 5.91 Å². The molecule has 3 N–H and O–H groups in total. The Bertz CT molecular complexity index is 1070. The van der Waals surface area contributed by atoms with Crippen molar-refractivity contribution < 1.29 is 24.2 Å². The van der Waals surface area contributed by atoms with Crippen LogP contribution in [-0.2, 0) is 14.3 Å². The SMILES string of the molecule is CC(C)(C)CC(NC(=O)C1(NC(=O)OCC2c3ccccc3-c3ccccc32)CCCC1)C(=O)O. The third-order valence-electron chi connectivity index (χ3n) is 7.00. The lowest BCUT2D eigenvalue weighted by Crippen LogP contribution is -2.60. The van der Waals surface area contributed by atoms with Gasteiger partial charge in [0.1, 0.15) is 18.2 Å². The quantitative estimate of drug-likeness (QED) is 0.528. The fraction of sp³-hybridized carbons (Fsp3) is 0.464. The van der Waals surface area contributed by atoms with Crippen molar-refractivity contribution in [2.75, 3.05) is 6.61 Å². The number of hydrogen-bond acceptors (Lipinski definition) is 4. The van der Waals surface area contributed by atoms with Crippen LogP contribution in [0.25, 0.3) is 11.1 Å². The minimum Gasteiger partial charge on any atom is -0.480 e. The van der Waals surface area contributed by atoms with Gasteiger partial charge in [-0.3, -0.25) is 4.79 Å². The van der Waals surface area contributed by atoms with Crippen LogP contribution in [0.5, 0.6) is 0 Å². The number of carbonyl (C=O) groups is 3. The van der Waals surface area contributed by atoms with Gasteiger partial charge in [-0.2, -0.15) is 0 Å². The van der Waals surface area contributed by atoms with Crippen molar-refractivity contribution >= 4 is 18.0 Å². The van der Waals surface area contributed by atoms with Gasteiger partial charge >= 0.3 is 12.1 Å². The van der Waals surface area contributed by atoms with Crippen molar-refractivity contribution in [3.63, 3.8) is 0 Å². The molecule has 2 aliphatic rings. The van der Waals surface area contributed by atoms with Gasteiger partial charge in [0.25, 0.3) is 0 Å². The largest absolute Gasteiger partial charge is 0.480 e. The highest BCUT2D eigenvalue weighted by Crippen LogP contribution is 2.44. The number of fused-ring (bicyclic) bond motifs is 3. The molecule has 35 heavy (non-hydrogen) atoms. The Balaban J connectivity index is 1.44. The Kier molecular flexibility index (Phi) is 6.88. The van der Waals surface area contributed by atoms with Gasteiger partial charge in [0, 0.05) is 5.92 Å². The van der Waals surface area contributed by atoms with Crippen molar-refractivity contribution in [2.45, 2.75) is 70.4 Å². The van der Waals surface area contributed by atoms with E-state index in [1.165, 1.54) is 0 Å². The van der Waals surface area contributed by atoms with E-state index in [1.54, 1.807) is 0 Å². The third-order valence-corrected chi connectivity index (χ3v) is 7.00. The van der Waals surface area contributed by atoms with Crippen molar-refractivity contribution in [3.8, 4) is 11.1 Å². The normalized spacial score (nSPS) is 17.2. The van der Waals surface area contributed by atoms with Crippen LogP contribution in [0.15, 0.2) is 48.5 Å². The number of benzene rings is 2. The minimum absolute atomic E-state index is 0.0790. The topological polar surface area (TPSA) is 105 Å². The van der Waals surface area contributed by atoms with Crippen LogP contribution in [0.3, 0.4) is 0 Å². The standard InChI is InChI=1S/C28H34N2O5/c1-27(2,3)16-23(24(31)32)29-25(33)28(14-8-9-15-28)30-26(34)35-17-22-20-12-6-4-10-18(20)19-11-5-7-13-21(19)22/h4-7,10-13,22-23H,8-9,14-17H2,1-3H3,(H,29,33)(H,30,34)(H,31,32). The van der Waals surface area contributed by atoms with E-state index in [1.807, 2.05) is 45.0 Å². The molecule has 186 valence electrons. The molecule has 7 nitrogen and oxygen atoms in total. The highest BCUT2D eigenvalue weighted by Gasteiger charge is 2.44. The number of aliphatic carboxylic acids is 1. The zero-order chi connectivity index (χ0) is 25.2. The van der Waals surface area contributed by atoms with Crippen LogP contribution in [0.1, 0.15) is 69.9 Å². The number of hydrogen-bond donors (Lipinski definition) is 3. The molecule has 1 unspecified atom stereocenters. The van der Waals surface area contributed by atoms with E-state index < -0.39 is 29.6 Å². The first kappa shape index (κ1) is 24.8. The van der Waals surface area contributed by atoms with Gasteiger partial charge in [-0.25, -0.2) is 9.59 Å². The van der Waals surface area contributed by atoms with E-state index in [-0.39, 0.29) is 24.4 Å². The number of amides is 2. The number of ether oxygens (including phenoxy) is 1. The molecule has 0 aromatic heterocycles. The fourth-order valence-electron chi connectivity index (χ4n) is 5.33. The molecule has 1 fully saturated rings. The highest BCUT2D eigenvalue weighted by molar-refractivity contribution is 5.93. The molecule has 1 atom stereocenters. The van der Waals surface area contributed by atoms with E-state index in [4.69, 9.17) is 4.74 Å². The molecule has 0 spiro atoms. The summed E-state index contributed by atoms with van der Waals surface area (Å²) in [4.78, 5) is 37.9.